The highest BCUT2D eigenvalue weighted by atomic mass is 16.5. The molecule has 214 valence electrons. The molecule has 0 aliphatic heterocycles. The number of amides is 2. The topological polar surface area (TPSA) is 166 Å². The molecule has 3 rings (SSSR count). The molecule has 0 aliphatic rings. The van der Waals surface area contributed by atoms with Crippen LogP contribution < -0.4 is 10.6 Å². The number of hydrogen-bond acceptors (Lipinski definition) is 9. The number of aromatic amines is 1. The molecular formula is C28H35N5O7. The molecule has 1 unspecified atom stereocenters. The minimum atomic E-state index is -0.829. The van der Waals surface area contributed by atoms with Gasteiger partial charge in [-0.05, 0) is 43.4 Å². The first-order chi connectivity index (χ1) is 19.0. The molecule has 40 heavy (non-hydrogen) atoms. The smallest absolute Gasteiger partial charge is 0.328 e. The summed E-state index contributed by atoms with van der Waals surface area (Å²) in [6, 6.07) is 7.03. The molecule has 2 aromatic heterocycles. The van der Waals surface area contributed by atoms with Crippen LogP contribution in [0.4, 0.5) is 0 Å². The first-order valence-electron chi connectivity index (χ1n) is 13.0. The van der Waals surface area contributed by atoms with Gasteiger partial charge >= 0.3 is 11.9 Å². The molecule has 0 saturated heterocycles. The number of nitrogens with one attached hydrogen (secondary N) is 3. The van der Waals surface area contributed by atoms with Crippen molar-refractivity contribution in [3.05, 3.63) is 48.0 Å². The molecule has 0 saturated carbocycles. The van der Waals surface area contributed by atoms with Gasteiger partial charge in [0.05, 0.1) is 25.6 Å². The van der Waals surface area contributed by atoms with Crippen LogP contribution in [-0.2, 0) is 19.1 Å². The van der Waals surface area contributed by atoms with Crippen molar-refractivity contribution in [2.24, 2.45) is 11.8 Å². The zero-order chi connectivity index (χ0) is 29.4. The summed E-state index contributed by atoms with van der Waals surface area (Å²) in [5, 5.41) is 12.2. The minimum Gasteiger partial charge on any atom is -0.467 e. The van der Waals surface area contributed by atoms with Gasteiger partial charge in [-0.3, -0.25) is 14.7 Å². The summed E-state index contributed by atoms with van der Waals surface area (Å²) in [6.07, 6.45) is 1.71. The SMILES string of the molecule is CCOC(=O)[C@@H](NC(=O)c1cnc(-c2cccc(-c3cc(C(=O)NC(CC(C)C)C(=O)OC)n[nH]3)c2)o1)C(C)C. The van der Waals surface area contributed by atoms with Crippen LogP contribution in [0.5, 0.6) is 0 Å². The van der Waals surface area contributed by atoms with Crippen LogP contribution >= 0.6 is 0 Å². The van der Waals surface area contributed by atoms with E-state index in [2.05, 4.69) is 25.8 Å². The molecule has 2 amide bonds. The fourth-order valence-electron chi connectivity index (χ4n) is 3.92. The van der Waals surface area contributed by atoms with Gasteiger partial charge in [0.15, 0.2) is 5.69 Å². The highest BCUT2D eigenvalue weighted by molar-refractivity contribution is 5.96. The van der Waals surface area contributed by atoms with Crippen LogP contribution in [-0.4, -0.2) is 64.7 Å². The maximum Gasteiger partial charge on any atom is 0.328 e. The third-order valence-corrected chi connectivity index (χ3v) is 5.95. The third-order valence-electron chi connectivity index (χ3n) is 5.95. The number of methoxy groups -OCH3 is 1. The number of benzene rings is 1. The fraction of sp³-hybridized carbons (Fsp3) is 0.429. The standard InChI is InChI=1S/C28H35N5O7/c1-7-39-28(37)23(16(4)5)31-25(35)22-14-29-26(40-22)18-10-8-9-17(12-18)19-13-20(33-32-19)24(34)30-21(11-15(2)3)27(36)38-6/h8-10,12-16,21,23H,7,11H2,1-6H3,(H,30,34)(H,31,35)(H,32,33)/t21?,23-/m0/s1. The number of carbonyl (C=O) groups is 4. The number of H-pyrrole nitrogens is 1. The predicted octanol–water partition coefficient (Wildman–Crippen LogP) is 3.37. The second-order valence-electron chi connectivity index (χ2n) is 9.90. The number of oxazole rings is 1. The van der Waals surface area contributed by atoms with Gasteiger partial charge in [-0.1, -0.05) is 39.8 Å². The van der Waals surface area contributed by atoms with Gasteiger partial charge in [0.1, 0.15) is 12.1 Å². The van der Waals surface area contributed by atoms with Crippen molar-refractivity contribution in [2.45, 2.75) is 53.1 Å². The number of aromatic nitrogens is 3. The quantitative estimate of drug-likeness (QED) is 0.285. The van der Waals surface area contributed by atoms with Gasteiger partial charge in [0.25, 0.3) is 11.8 Å². The Bertz CT molecular complexity index is 1340. The van der Waals surface area contributed by atoms with E-state index in [4.69, 9.17) is 13.9 Å². The Kier molecular flexibility index (Phi) is 10.2. The second-order valence-corrected chi connectivity index (χ2v) is 9.90. The minimum absolute atomic E-state index is 0.0580. The summed E-state index contributed by atoms with van der Waals surface area (Å²) in [5.74, 6) is -2.04. The van der Waals surface area contributed by atoms with Gasteiger partial charge in [-0.15, -0.1) is 0 Å². The largest absolute Gasteiger partial charge is 0.467 e. The molecule has 2 heterocycles. The predicted molar refractivity (Wildman–Crippen MR) is 145 cm³/mol. The summed E-state index contributed by atoms with van der Waals surface area (Å²) in [7, 11) is 1.27. The summed E-state index contributed by atoms with van der Waals surface area (Å²) >= 11 is 0. The lowest BCUT2D eigenvalue weighted by Crippen LogP contribution is -2.45. The van der Waals surface area contributed by atoms with E-state index in [-0.39, 0.29) is 35.8 Å². The first-order valence-corrected chi connectivity index (χ1v) is 13.0. The molecule has 3 N–H and O–H groups in total. The Morgan fingerprint density at radius 3 is 2.38 bits per heavy atom. The number of ether oxygens (including phenoxy) is 2. The normalized spacial score (nSPS) is 12.6. The Morgan fingerprint density at radius 2 is 1.73 bits per heavy atom. The first kappa shape index (κ1) is 30.1. The van der Waals surface area contributed by atoms with Crippen LogP contribution in [0.2, 0.25) is 0 Å². The lowest BCUT2D eigenvalue weighted by atomic mass is 10.0. The van der Waals surface area contributed by atoms with E-state index in [1.165, 1.54) is 13.3 Å². The number of carbonyl (C=O) groups excluding carboxylic acids is 4. The lowest BCUT2D eigenvalue weighted by Gasteiger charge is -2.19. The van der Waals surface area contributed by atoms with E-state index < -0.39 is 35.8 Å². The molecule has 0 fully saturated rings. The number of nitrogens with zero attached hydrogens (tertiary/aromatic N) is 2. The Hall–Kier alpha value is -4.48. The molecular weight excluding hydrogens is 518 g/mol. The van der Waals surface area contributed by atoms with Crippen molar-refractivity contribution in [1.82, 2.24) is 25.8 Å². The monoisotopic (exact) mass is 553 g/mol. The van der Waals surface area contributed by atoms with Crippen molar-refractivity contribution >= 4 is 23.8 Å². The molecule has 0 aliphatic carbocycles. The van der Waals surface area contributed by atoms with Crippen molar-refractivity contribution in [3.8, 4) is 22.7 Å². The lowest BCUT2D eigenvalue weighted by molar-refractivity contribution is -0.146. The number of rotatable bonds is 12. The Morgan fingerprint density at radius 1 is 1.00 bits per heavy atom. The van der Waals surface area contributed by atoms with Crippen LogP contribution in [0.15, 0.2) is 40.9 Å². The summed E-state index contributed by atoms with van der Waals surface area (Å²) in [5.41, 5.74) is 1.91. The van der Waals surface area contributed by atoms with Crippen LogP contribution in [0.1, 0.15) is 62.1 Å². The molecule has 0 bridgehead atoms. The van der Waals surface area contributed by atoms with Crippen molar-refractivity contribution in [2.75, 3.05) is 13.7 Å². The van der Waals surface area contributed by atoms with E-state index in [0.29, 0.717) is 23.2 Å². The van der Waals surface area contributed by atoms with Crippen LogP contribution in [0, 0.1) is 11.8 Å². The highest BCUT2D eigenvalue weighted by Gasteiger charge is 2.28. The van der Waals surface area contributed by atoms with Gasteiger partial charge < -0.3 is 24.5 Å². The maximum absolute atomic E-state index is 12.8. The second kappa shape index (κ2) is 13.5. The summed E-state index contributed by atoms with van der Waals surface area (Å²) < 4.78 is 15.5. The molecule has 2 atom stereocenters. The van der Waals surface area contributed by atoms with E-state index >= 15 is 0 Å². The Labute approximate surface area is 232 Å². The van der Waals surface area contributed by atoms with Gasteiger partial charge in [0, 0.05) is 11.1 Å². The van der Waals surface area contributed by atoms with E-state index in [0.717, 1.165) is 0 Å². The zero-order valence-corrected chi connectivity index (χ0v) is 23.4. The van der Waals surface area contributed by atoms with E-state index in [1.807, 2.05) is 13.8 Å². The summed E-state index contributed by atoms with van der Waals surface area (Å²) in [4.78, 5) is 54.0. The third kappa shape index (κ3) is 7.55. The number of esters is 2. The average Bonchev–Trinajstić information content (AvgIpc) is 3.61. The molecule has 12 nitrogen and oxygen atoms in total. The average molecular weight is 554 g/mol. The van der Waals surface area contributed by atoms with Gasteiger partial charge in [-0.2, -0.15) is 5.10 Å². The van der Waals surface area contributed by atoms with E-state index in [9.17, 15) is 19.2 Å². The molecule has 0 radical (unpaired) electrons. The van der Waals surface area contributed by atoms with Crippen molar-refractivity contribution in [1.29, 1.82) is 0 Å². The zero-order valence-electron chi connectivity index (χ0n) is 23.4. The molecule has 1 aromatic carbocycles. The summed E-state index contributed by atoms with van der Waals surface area (Å²) in [6.45, 7) is 9.38. The van der Waals surface area contributed by atoms with Gasteiger partial charge in [-0.25, -0.2) is 14.6 Å². The van der Waals surface area contributed by atoms with E-state index in [1.54, 1.807) is 51.1 Å². The van der Waals surface area contributed by atoms with Crippen LogP contribution in [0.25, 0.3) is 22.7 Å². The maximum atomic E-state index is 12.8. The molecule has 12 heteroatoms. The molecule has 3 aromatic rings. The fourth-order valence-corrected chi connectivity index (χ4v) is 3.92. The Balaban J connectivity index is 1.75. The van der Waals surface area contributed by atoms with Crippen LogP contribution in [0.3, 0.4) is 0 Å². The number of hydrogen-bond donors (Lipinski definition) is 3. The van der Waals surface area contributed by atoms with Crippen molar-refractivity contribution < 1.29 is 33.1 Å². The van der Waals surface area contributed by atoms with Gasteiger partial charge in [0.2, 0.25) is 11.7 Å². The van der Waals surface area contributed by atoms with Crippen molar-refractivity contribution in [3.63, 3.8) is 0 Å². The highest BCUT2D eigenvalue weighted by Crippen LogP contribution is 2.26. The molecule has 0 spiro atoms.